The summed E-state index contributed by atoms with van der Waals surface area (Å²) in [4.78, 5) is 0. The first-order valence-electron chi connectivity index (χ1n) is 16.2. The van der Waals surface area contributed by atoms with Crippen molar-refractivity contribution in [3.05, 3.63) is 36.2 Å². The summed E-state index contributed by atoms with van der Waals surface area (Å²) < 4.78 is 0. The predicted octanol–water partition coefficient (Wildman–Crippen LogP) is 12.1. The van der Waals surface area contributed by atoms with E-state index < -0.39 is 0 Å². The van der Waals surface area contributed by atoms with Crippen molar-refractivity contribution in [2.45, 2.75) is 180 Å². The fourth-order valence-electron chi connectivity index (χ4n) is 5.19. The number of unbranched alkanes of at least 4 members (excludes halogenated alkanes) is 26. The number of hydrogen-bond acceptors (Lipinski definition) is 0. The Morgan fingerprint density at radius 1 is 0.486 bits per heavy atom. The van der Waals surface area contributed by atoms with Crippen LogP contribution in [0, 0.1) is 0 Å². The fraction of sp³-hybridized carbons (Fsp3) is 0.824. The molecule has 0 atom stereocenters. The van der Waals surface area contributed by atoms with Gasteiger partial charge in [-0.3, -0.25) is 5.32 Å². The molecule has 0 bridgehead atoms. The second-order valence-corrected chi connectivity index (χ2v) is 11.1. The molecule has 1 radical (unpaired) electrons. The molecule has 203 valence electrons. The van der Waals surface area contributed by atoms with Crippen LogP contribution in [-0.2, 0) is 0 Å². The SMILES string of the molecule is CCCCCCCCCCCCCCCCCCCCCCCCCCCCC=CC1=CC=C[N]1. The van der Waals surface area contributed by atoms with Gasteiger partial charge in [-0.05, 0) is 31.1 Å². The molecule has 35 heavy (non-hydrogen) atoms. The van der Waals surface area contributed by atoms with E-state index in [4.69, 9.17) is 0 Å². The molecule has 0 N–H and O–H groups in total. The molecular formula is C34H62N. The highest BCUT2D eigenvalue weighted by molar-refractivity contribution is 5.28. The highest BCUT2D eigenvalue weighted by Gasteiger charge is 1.97. The quantitative estimate of drug-likeness (QED) is 0.0980. The van der Waals surface area contributed by atoms with E-state index in [0.29, 0.717) is 0 Å². The minimum absolute atomic E-state index is 1.10. The van der Waals surface area contributed by atoms with Crippen LogP contribution in [0.25, 0.3) is 0 Å². The van der Waals surface area contributed by atoms with E-state index in [9.17, 15) is 0 Å². The van der Waals surface area contributed by atoms with Crippen molar-refractivity contribution in [1.29, 1.82) is 0 Å². The number of nitrogens with zero attached hydrogens (tertiary/aromatic N) is 1. The van der Waals surface area contributed by atoms with E-state index >= 15 is 0 Å². The summed E-state index contributed by atoms with van der Waals surface area (Å²) >= 11 is 0. The van der Waals surface area contributed by atoms with Gasteiger partial charge in [-0.2, -0.15) is 0 Å². The molecule has 1 nitrogen and oxygen atoms in total. The first-order valence-corrected chi connectivity index (χ1v) is 16.2. The lowest BCUT2D eigenvalue weighted by Gasteiger charge is -2.04. The molecule has 0 aliphatic carbocycles. The zero-order chi connectivity index (χ0) is 24.9. The van der Waals surface area contributed by atoms with E-state index in [0.717, 1.165) is 5.70 Å². The van der Waals surface area contributed by atoms with E-state index in [1.165, 1.54) is 173 Å². The Hall–Kier alpha value is -0.980. The zero-order valence-electron chi connectivity index (χ0n) is 23.9. The molecule has 0 saturated heterocycles. The van der Waals surface area contributed by atoms with Crippen molar-refractivity contribution in [2.75, 3.05) is 0 Å². The van der Waals surface area contributed by atoms with Crippen LogP contribution in [0.3, 0.4) is 0 Å². The molecule has 1 heterocycles. The molecule has 1 heteroatoms. The lowest BCUT2D eigenvalue weighted by atomic mass is 10.0. The maximum atomic E-state index is 4.26. The van der Waals surface area contributed by atoms with Gasteiger partial charge < -0.3 is 0 Å². The molecule has 0 unspecified atom stereocenters. The Labute approximate surface area is 221 Å². The predicted molar refractivity (Wildman–Crippen MR) is 159 cm³/mol. The van der Waals surface area contributed by atoms with Crippen molar-refractivity contribution in [3.63, 3.8) is 0 Å². The van der Waals surface area contributed by atoms with Gasteiger partial charge in [-0.15, -0.1) is 0 Å². The maximum absolute atomic E-state index is 4.26. The van der Waals surface area contributed by atoms with E-state index in [1.807, 2.05) is 12.3 Å². The number of rotatable bonds is 28. The first-order chi connectivity index (χ1) is 17.4. The van der Waals surface area contributed by atoms with Crippen molar-refractivity contribution in [3.8, 4) is 0 Å². The maximum Gasteiger partial charge on any atom is 0.0626 e. The Balaban J connectivity index is 1.62. The largest absolute Gasteiger partial charge is 0.257 e. The van der Waals surface area contributed by atoms with E-state index in [-0.39, 0.29) is 0 Å². The van der Waals surface area contributed by atoms with Gasteiger partial charge in [0.25, 0.3) is 0 Å². The van der Waals surface area contributed by atoms with Gasteiger partial charge >= 0.3 is 0 Å². The molecule has 1 aliphatic rings. The standard InChI is InChI=1S/C34H62N/c1-2-3-4-5-6-7-8-9-10-11-12-13-14-15-16-17-18-19-20-21-22-23-24-25-26-27-28-29-31-34-32-30-33-35-34/h29-33H,2-28H2,1H3. The summed E-state index contributed by atoms with van der Waals surface area (Å²) in [6, 6.07) is 0. The molecule has 1 rings (SSSR count). The van der Waals surface area contributed by atoms with Crippen LogP contribution in [0.15, 0.2) is 36.2 Å². The summed E-state index contributed by atoms with van der Waals surface area (Å²) in [6.07, 6.45) is 49.5. The highest BCUT2D eigenvalue weighted by Crippen LogP contribution is 2.16. The lowest BCUT2D eigenvalue weighted by Crippen LogP contribution is -1.86. The molecule has 0 spiro atoms. The molecule has 0 aromatic carbocycles. The van der Waals surface area contributed by atoms with Crippen molar-refractivity contribution in [2.24, 2.45) is 0 Å². The van der Waals surface area contributed by atoms with Gasteiger partial charge in [-0.25, -0.2) is 0 Å². The van der Waals surface area contributed by atoms with Gasteiger partial charge in [0.05, 0.1) is 5.70 Å². The smallest absolute Gasteiger partial charge is 0.0626 e. The van der Waals surface area contributed by atoms with Gasteiger partial charge in [0, 0.05) is 6.20 Å². The average Bonchev–Trinajstić information content (AvgIpc) is 3.39. The normalized spacial score (nSPS) is 13.1. The van der Waals surface area contributed by atoms with E-state index in [1.54, 1.807) is 0 Å². The Morgan fingerprint density at radius 2 is 0.829 bits per heavy atom. The fourth-order valence-corrected chi connectivity index (χ4v) is 5.19. The Morgan fingerprint density at radius 3 is 1.14 bits per heavy atom. The van der Waals surface area contributed by atoms with Crippen molar-refractivity contribution >= 4 is 0 Å². The first kappa shape index (κ1) is 32.0. The van der Waals surface area contributed by atoms with Gasteiger partial charge in [0.2, 0.25) is 0 Å². The second-order valence-electron chi connectivity index (χ2n) is 11.1. The lowest BCUT2D eigenvalue weighted by molar-refractivity contribution is 0.515. The molecule has 0 amide bonds. The average molecular weight is 485 g/mol. The van der Waals surface area contributed by atoms with Crippen LogP contribution in [0.1, 0.15) is 180 Å². The minimum atomic E-state index is 1.10. The third-order valence-corrected chi connectivity index (χ3v) is 7.59. The molecule has 1 aliphatic heterocycles. The zero-order valence-corrected chi connectivity index (χ0v) is 23.9. The molecule has 0 fully saturated rings. The Kier molecular flexibility index (Phi) is 25.3. The molecule has 0 aromatic rings. The minimum Gasteiger partial charge on any atom is -0.257 e. The summed E-state index contributed by atoms with van der Waals surface area (Å²) in [5, 5.41) is 4.26. The van der Waals surface area contributed by atoms with Crippen LogP contribution in [0.5, 0.6) is 0 Å². The third-order valence-electron chi connectivity index (χ3n) is 7.59. The van der Waals surface area contributed by atoms with Gasteiger partial charge in [0.1, 0.15) is 0 Å². The molecule has 0 aromatic heterocycles. The molecular weight excluding hydrogens is 422 g/mol. The van der Waals surface area contributed by atoms with Gasteiger partial charge in [-0.1, -0.05) is 174 Å². The summed E-state index contributed by atoms with van der Waals surface area (Å²) in [5.74, 6) is 0. The summed E-state index contributed by atoms with van der Waals surface area (Å²) in [6.45, 7) is 2.30. The summed E-state index contributed by atoms with van der Waals surface area (Å²) in [7, 11) is 0. The number of allylic oxidation sites excluding steroid dienone is 4. The number of hydrogen-bond donors (Lipinski definition) is 0. The van der Waals surface area contributed by atoms with Crippen LogP contribution in [0.2, 0.25) is 0 Å². The van der Waals surface area contributed by atoms with Gasteiger partial charge in [0.15, 0.2) is 0 Å². The van der Waals surface area contributed by atoms with Crippen LogP contribution >= 0.6 is 0 Å². The van der Waals surface area contributed by atoms with Crippen molar-refractivity contribution < 1.29 is 0 Å². The second kappa shape index (κ2) is 27.6. The van der Waals surface area contributed by atoms with Crippen molar-refractivity contribution in [1.82, 2.24) is 5.32 Å². The van der Waals surface area contributed by atoms with Crippen LogP contribution in [-0.4, -0.2) is 0 Å². The van der Waals surface area contributed by atoms with Crippen LogP contribution < -0.4 is 5.32 Å². The Bertz CT molecular complexity index is 501. The highest BCUT2D eigenvalue weighted by atomic mass is 14.9. The monoisotopic (exact) mass is 484 g/mol. The molecule has 0 saturated carbocycles. The third kappa shape index (κ3) is 24.5. The van der Waals surface area contributed by atoms with Crippen LogP contribution in [0.4, 0.5) is 0 Å². The summed E-state index contributed by atoms with van der Waals surface area (Å²) in [5.41, 5.74) is 1.10. The van der Waals surface area contributed by atoms with E-state index in [2.05, 4.69) is 30.5 Å². The topological polar surface area (TPSA) is 14.1 Å².